The number of carbonyl (C=O) groups is 2. The molecule has 2 aromatic rings. The number of nitrogens with one attached hydrogen (secondary N) is 2. The van der Waals surface area contributed by atoms with Crippen LogP contribution in [-0.4, -0.2) is 29.6 Å². The Labute approximate surface area is 150 Å². The Morgan fingerprint density at radius 2 is 2.12 bits per heavy atom. The number of anilines is 1. The fourth-order valence-electron chi connectivity index (χ4n) is 1.93. The molecule has 0 aliphatic carbocycles. The lowest BCUT2D eigenvalue weighted by atomic mass is 10.2. The third kappa shape index (κ3) is 5.58. The van der Waals surface area contributed by atoms with Crippen molar-refractivity contribution in [3.05, 3.63) is 53.3 Å². The van der Waals surface area contributed by atoms with Gasteiger partial charge in [0.25, 0.3) is 5.91 Å². The molecule has 0 unspecified atom stereocenters. The van der Waals surface area contributed by atoms with Gasteiger partial charge in [-0.2, -0.15) is 5.10 Å². The summed E-state index contributed by atoms with van der Waals surface area (Å²) in [5, 5.41) is 7.01. The minimum Gasteiger partial charge on any atom is -0.495 e. The van der Waals surface area contributed by atoms with Crippen LogP contribution < -0.4 is 15.5 Å². The van der Waals surface area contributed by atoms with Crippen LogP contribution in [0, 0.1) is 0 Å². The third-order valence-electron chi connectivity index (χ3n) is 3.12. The molecule has 8 heteroatoms. The van der Waals surface area contributed by atoms with Crippen molar-refractivity contribution in [2.75, 3.05) is 12.4 Å². The molecule has 1 aromatic heterocycles. The van der Waals surface area contributed by atoms with E-state index < -0.39 is 5.91 Å². The van der Waals surface area contributed by atoms with E-state index >= 15 is 0 Å². The van der Waals surface area contributed by atoms with Gasteiger partial charge in [0.2, 0.25) is 5.91 Å². The molecule has 0 spiro atoms. The molecule has 2 rings (SSSR count). The summed E-state index contributed by atoms with van der Waals surface area (Å²) < 4.78 is 5.05. The number of pyridine rings is 1. The van der Waals surface area contributed by atoms with E-state index in [0.29, 0.717) is 27.7 Å². The summed E-state index contributed by atoms with van der Waals surface area (Å²) in [6.07, 6.45) is 3.03. The predicted octanol–water partition coefficient (Wildman–Crippen LogP) is 2.88. The number of benzene rings is 1. The second-order valence-electron chi connectivity index (χ2n) is 5.10. The molecule has 2 amide bonds. The molecule has 0 atom stereocenters. The van der Waals surface area contributed by atoms with Crippen molar-refractivity contribution in [3.63, 3.8) is 0 Å². The van der Waals surface area contributed by atoms with Gasteiger partial charge in [0.05, 0.1) is 24.1 Å². The van der Waals surface area contributed by atoms with Crippen molar-refractivity contribution in [2.24, 2.45) is 5.10 Å². The quantitative estimate of drug-likeness (QED) is 0.612. The van der Waals surface area contributed by atoms with E-state index in [1.165, 1.54) is 13.3 Å². The van der Waals surface area contributed by atoms with Crippen molar-refractivity contribution in [1.29, 1.82) is 0 Å². The molecular formula is C17H17ClN4O3. The summed E-state index contributed by atoms with van der Waals surface area (Å²) in [4.78, 5) is 27.7. The fourth-order valence-corrected chi connectivity index (χ4v) is 2.19. The van der Waals surface area contributed by atoms with Gasteiger partial charge in [-0.1, -0.05) is 11.6 Å². The molecule has 25 heavy (non-hydrogen) atoms. The average Bonchev–Trinajstić information content (AvgIpc) is 2.60. The molecule has 0 bridgehead atoms. The number of carbonyl (C=O) groups excluding carboxylic acids is 2. The number of nitrogens with zero attached hydrogens (tertiary/aromatic N) is 2. The van der Waals surface area contributed by atoms with Crippen LogP contribution in [0.25, 0.3) is 0 Å². The highest BCUT2D eigenvalue weighted by molar-refractivity contribution is 6.32. The highest BCUT2D eigenvalue weighted by Gasteiger charge is 2.08. The van der Waals surface area contributed by atoms with Crippen LogP contribution in [0.2, 0.25) is 5.02 Å². The van der Waals surface area contributed by atoms with Crippen LogP contribution in [0.15, 0.2) is 47.8 Å². The Morgan fingerprint density at radius 1 is 1.32 bits per heavy atom. The van der Waals surface area contributed by atoms with Gasteiger partial charge in [-0.25, -0.2) is 5.43 Å². The fraction of sp³-hybridized carbons (Fsp3) is 0.176. The maximum absolute atomic E-state index is 12.0. The number of methoxy groups -OCH3 is 1. The highest BCUT2D eigenvalue weighted by atomic mass is 35.5. The highest BCUT2D eigenvalue weighted by Crippen LogP contribution is 2.27. The van der Waals surface area contributed by atoms with Crippen LogP contribution in [-0.2, 0) is 4.79 Å². The number of halogens is 1. The molecule has 0 saturated heterocycles. The van der Waals surface area contributed by atoms with E-state index in [-0.39, 0.29) is 12.3 Å². The lowest BCUT2D eigenvalue weighted by molar-refractivity contribution is -0.115. The minimum absolute atomic E-state index is 0.0248. The monoisotopic (exact) mass is 360 g/mol. The first-order valence-corrected chi connectivity index (χ1v) is 7.74. The lowest BCUT2D eigenvalue weighted by Crippen LogP contribution is -2.21. The van der Waals surface area contributed by atoms with Crippen LogP contribution in [0.3, 0.4) is 0 Å². The molecule has 1 aromatic carbocycles. The average molecular weight is 361 g/mol. The summed E-state index contributed by atoms with van der Waals surface area (Å²) in [7, 11) is 1.51. The molecule has 0 saturated carbocycles. The van der Waals surface area contributed by atoms with Gasteiger partial charge in [-0.05, 0) is 37.3 Å². The first kappa shape index (κ1) is 18.4. The molecule has 1 heterocycles. The van der Waals surface area contributed by atoms with E-state index in [4.69, 9.17) is 16.3 Å². The molecule has 0 fully saturated rings. The zero-order valence-corrected chi connectivity index (χ0v) is 14.5. The standard InChI is InChI=1S/C17H17ClN4O3/c1-11(21-22-17(24)12-4-3-7-19-10-12)8-16(23)20-13-5-6-15(25-2)14(18)9-13/h3-7,9-10H,8H2,1-2H3,(H,20,23)(H,22,24)/b21-11-. The van der Waals surface area contributed by atoms with Crippen molar-refractivity contribution in [3.8, 4) is 5.75 Å². The van der Waals surface area contributed by atoms with Crippen LogP contribution in [0.4, 0.5) is 5.69 Å². The van der Waals surface area contributed by atoms with Gasteiger partial charge in [-0.15, -0.1) is 0 Å². The Hall–Kier alpha value is -2.93. The molecule has 130 valence electrons. The zero-order chi connectivity index (χ0) is 18.2. The predicted molar refractivity (Wildman–Crippen MR) is 96.1 cm³/mol. The minimum atomic E-state index is -0.394. The summed E-state index contributed by atoms with van der Waals surface area (Å²) in [6.45, 7) is 1.64. The van der Waals surface area contributed by atoms with Gasteiger partial charge in [-0.3, -0.25) is 14.6 Å². The molecule has 7 nitrogen and oxygen atoms in total. The summed E-state index contributed by atoms with van der Waals surface area (Å²) in [5.41, 5.74) is 3.77. The van der Waals surface area contributed by atoms with Crippen LogP contribution in [0.5, 0.6) is 5.75 Å². The topological polar surface area (TPSA) is 92.7 Å². The first-order valence-electron chi connectivity index (χ1n) is 7.36. The lowest BCUT2D eigenvalue weighted by Gasteiger charge is -2.08. The summed E-state index contributed by atoms with van der Waals surface area (Å²) in [6, 6.07) is 8.20. The molecule has 0 aliphatic rings. The van der Waals surface area contributed by atoms with E-state index in [0.717, 1.165) is 0 Å². The van der Waals surface area contributed by atoms with Gasteiger partial charge in [0, 0.05) is 23.8 Å². The summed E-state index contributed by atoms with van der Waals surface area (Å²) >= 11 is 6.01. The molecular weight excluding hydrogens is 344 g/mol. The second kappa shape index (κ2) is 8.79. The van der Waals surface area contributed by atoms with E-state index in [1.807, 2.05) is 0 Å². The van der Waals surface area contributed by atoms with Gasteiger partial charge < -0.3 is 10.1 Å². The molecule has 2 N–H and O–H groups in total. The van der Waals surface area contributed by atoms with Gasteiger partial charge in [0.15, 0.2) is 0 Å². The zero-order valence-electron chi connectivity index (χ0n) is 13.7. The van der Waals surface area contributed by atoms with Crippen molar-refractivity contribution >= 4 is 34.8 Å². The second-order valence-corrected chi connectivity index (χ2v) is 5.51. The number of hydrazone groups is 1. The van der Waals surface area contributed by atoms with Crippen LogP contribution in [0.1, 0.15) is 23.7 Å². The van der Waals surface area contributed by atoms with Crippen molar-refractivity contribution < 1.29 is 14.3 Å². The van der Waals surface area contributed by atoms with Crippen molar-refractivity contribution in [1.82, 2.24) is 10.4 Å². The number of hydrogen-bond donors (Lipinski definition) is 2. The largest absolute Gasteiger partial charge is 0.495 e. The number of aromatic nitrogens is 1. The molecule has 0 aliphatic heterocycles. The van der Waals surface area contributed by atoms with E-state index in [9.17, 15) is 9.59 Å². The summed E-state index contributed by atoms with van der Waals surface area (Å²) in [5.74, 6) is -0.150. The van der Waals surface area contributed by atoms with Crippen LogP contribution >= 0.6 is 11.6 Å². The normalized spacial score (nSPS) is 10.9. The van der Waals surface area contributed by atoms with Crippen molar-refractivity contribution in [2.45, 2.75) is 13.3 Å². The van der Waals surface area contributed by atoms with Gasteiger partial charge >= 0.3 is 0 Å². The number of amides is 2. The maximum atomic E-state index is 12.0. The first-order chi connectivity index (χ1) is 12.0. The SMILES string of the molecule is COc1ccc(NC(=O)C/C(C)=N\NC(=O)c2cccnc2)cc1Cl. The van der Waals surface area contributed by atoms with Gasteiger partial charge in [0.1, 0.15) is 5.75 Å². The molecule has 0 radical (unpaired) electrons. The van der Waals surface area contributed by atoms with E-state index in [1.54, 1.807) is 43.5 Å². The maximum Gasteiger partial charge on any atom is 0.272 e. The smallest absolute Gasteiger partial charge is 0.272 e. The Bertz CT molecular complexity index is 794. The number of ether oxygens (including phenoxy) is 1. The Kier molecular flexibility index (Phi) is 6.47. The number of rotatable bonds is 6. The Morgan fingerprint density at radius 3 is 2.76 bits per heavy atom. The number of hydrogen-bond acceptors (Lipinski definition) is 5. The Balaban J connectivity index is 1.89. The van der Waals surface area contributed by atoms with E-state index in [2.05, 4.69) is 20.8 Å². The third-order valence-corrected chi connectivity index (χ3v) is 3.42.